The van der Waals surface area contributed by atoms with Gasteiger partial charge in [-0.1, -0.05) is 19.1 Å². The lowest BCUT2D eigenvalue weighted by Crippen LogP contribution is -2.49. The van der Waals surface area contributed by atoms with Crippen molar-refractivity contribution in [3.63, 3.8) is 0 Å². The van der Waals surface area contributed by atoms with Gasteiger partial charge < -0.3 is 19.9 Å². The van der Waals surface area contributed by atoms with E-state index in [1.165, 1.54) is 17.4 Å². The molecule has 1 aromatic carbocycles. The van der Waals surface area contributed by atoms with Crippen molar-refractivity contribution >= 4 is 23.6 Å². The standard InChI is InChI=1S/C20H29N3O4/c1-4-16-6-8-18(9-7-16)23(15(3)24)14-19(25)21-17-10-12-22(13-11-17)20(26)27-5-2/h6-9,17H,4-5,10-14H2,1-3H3,(H,21,25). The molecular weight excluding hydrogens is 346 g/mol. The molecule has 1 heterocycles. The average molecular weight is 375 g/mol. The normalized spacial score (nSPS) is 14.6. The SMILES string of the molecule is CCOC(=O)N1CCC(NC(=O)CN(C(C)=O)c2ccc(CC)cc2)CC1. The molecule has 0 atom stereocenters. The highest BCUT2D eigenvalue weighted by Gasteiger charge is 2.25. The summed E-state index contributed by atoms with van der Waals surface area (Å²) in [6, 6.07) is 7.67. The first-order valence-electron chi connectivity index (χ1n) is 9.52. The molecule has 27 heavy (non-hydrogen) atoms. The Morgan fingerprint density at radius 2 is 1.78 bits per heavy atom. The number of carbonyl (C=O) groups is 3. The van der Waals surface area contributed by atoms with Gasteiger partial charge in [-0.05, 0) is 43.9 Å². The minimum Gasteiger partial charge on any atom is -0.450 e. The van der Waals surface area contributed by atoms with Crippen LogP contribution in [0.3, 0.4) is 0 Å². The van der Waals surface area contributed by atoms with Gasteiger partial charge in [0.25, 0.3) is 0 Å². The van der Waals surface area contributed by atoms with Crippen molar-refractivity contribution in [1.29, 1.82) is 0 Å². The number of amides is 3. The van der Waals surface area contributed by atoms with Crippen LogP contribution in [0.2, 0.25) is 0 Å². The van der Waals surface area contributed by atoms with Crippen LogP contribution >= 0.6 is 0 Å². The highest BCUT2D eigenvalue weighted by atomic mass is 16.6. The molecule has 7 heteroatoms. The van der Waals surface area contributed by atoms with E-state index in [2.05, 4.69) is 12.2 Å². The first-order chi connectivity index (χ1) is 12.9. The number of hydrogen-bond acceptors (Lipinski definition) is 4. The monoisotopic (exact) mass is 375 g/mol. The number of nitrogens with zero attached hydrogens (tertiary/aromatic N) is 2. The molecule has 0 aliphatic carbocycles. The third-order valence-electron chi connectivity index (χ3n) is 4.72. The van der Waals surface area contributed by atoms with E-state index in [1.54, 1.807) is 11.8 Å². The first-order valence-corrected chi connectivity index (χ1v) is 9.52. The molecule has 3 amide bonds. The largest absolute Gasteiger partial charge is 0.450 e. The highest BCUT2D eigenvalue weighted by Crippen LogP contribution is 2.16. The number of piperidine rings is 1. The molecule has 1 aliphatic heterocycles. The molecule has 1 aromatic rings. The number of ether oxygens (including phenoxy) is 1. The van der Waals surface area contributed by atoms with Crippen LogP contribution in [-0.4, -0.2) is 55.1 Å². The smallest absolute Gasteiger partial charge is 0.409 e. The van der Waals surface area contributed by atoms with Gasteiger partial charge in [-0.25, -0.2) is 4.79 Å². The predicted octanol–water partition coefficient (Wildman–Crippen LogP) is 2.34. The molecule has 0 unspecified atom stereocenters. The second kappa shape index (κ2) is 9.94. The molecule has 1 fully saturated rings. The molecule has 1 N–H and O–H groups in total. The van der Waals surface area contributed by atoms with Crippen molar-refractivity contribution in [2.24, 2.45) is 0 Å². The van der Waals surface area contributed by atoms with E-state index in [0.29, 0.717) is 38.2 Å². The van der Waals surface area contributed by atoms with Crippen LogP contribution in [-0.2, 0) is 20.7 Å². The number of anilines is 1. The summed E-state index contributed by atoms with van der Waals surface area (Å²) in [5.41, 5.74) is 1.90. The van der Waals surface area contributed by atoms with Crippen molar-refractivity contribution in [1.82, 2.24) is 10.2 Å². The first kappa shape index (κ1) is 20.7. The summed E-state index contributed by atoms with van der Waals surface area (Å²) >= 11 is 0. The third kappa shape index (κ3) is 5.98. The van der Waals surface area contributed by atoms with Gasteiger partial charge in [0, 0.05) is 31.7 Å². The van der Waals surface area contributed by atoms with Crippen LogP contribution in [0.4, 0.5) is 10.5 Å². The molecule has 0 bridgehead atoms. The molecule has 148 valence electrons. The summed E-state index contributed by atoms with van der Waals surface area (Å²) in [4.78, 5) is 39.3. The highest BCUT2D eigenvalue weighted by molar-refractivity contribution is 5.97. The molecule has 2 rings (SSSR count). The lowest BCUT2D eigenvalue weighted by molar-refractivity contribution is -0.123. The number of nitrogens with one attached hydrogen (secondary N) is 1. The lowest BCUT2D eigenvalue weighted by atomic mass is 10.1. The fraction of sp³-hybridized carbons (Fsp3) is 0.550. The Hall–Kier alpha value is -2.57. The zero-order valence-corrected chi connectivity index (χ0v) is 16.4. The molecule has 1 aliphatic rings. The predicted molar refractivity (Wildman–Crippen MR) is 104 cm³/mol. The topological polar surface area (TPSA) is 79.0 Å². The molecule has 0 radical (unpaired) electrons. The Morgan fingerprint density at radius 3 is 2.30 bits per heavy atom. The lowest BCUT2D eigenvalue weighted by Gasteiger charge is -2.32. The van der Waals surface area contributed by atoms with Crippen LogP contribution in [0, 0.1) is 0 Å². The van der Waals surface area contributed by atoms with E-state index in [1.807, 2.05) is 24.3 Å². The average Bonchev–Trinajstić information content (AvgIpc) is 2.67. The number of carbonyl (C=O) groups excluding carboxylic acids is 3. The second-order valence-corrected chi connectivity index (χ2v) is 6.65. The Labute approximate surface area is 160 Å². The number of hydrogen-bond donors (Lipinski definition) is 1. The van der Waals surface area contributed by atoms with Gasteiger partial charge in [0.15, 0.2) is 0 Å². The molecular formula is C20H29N3O4. The van der Waals surface area contributed by atoms with Crippen molar-refractivity contribution in [2.75, 3.05) is 31.1 Å². The molecule has 0 saturated carbocycles. The van der Waals surface area contributed by atoms with Gasteiger partial charge in [0.1, 0.15) is 6.54 Å². The zero-order valence-electron chi connectivity index (χ0n) is 16.4. The van der Waals surface area contributed by atoms with Gasteiger partial charge in [0.2, 0.25) is 11.8 Å². The summed E-state index contributed by atoms with van der Waals surface area (Å²) in [5, 5.41) is 2.98. The van der Waals surface area contributed by atoms with E-state index in [9.17, 15) is 14.4 Å². The van der Waals surface area contributed by atoms with Crippen LogP contribution in [0.15, 0.2) is 24.3 Å². The molecule has 0 aromatic heterocycles. The van der Waals surface area contributed by atoms with E-state index < -0.39 is 0 Å². The van der Waals surface area contributed by atoms with Crippen molar-refractivity contribution in [2.45, 2.75) is 46.1 Å². The number of rotatable bonds is 6. The zero-order chi connectivity index (χ0) is 19.8. The van der Waals surface area contributed by atoms with Crippen molar-refractivity contribution in [3.8, 4) is 0 Å². The van der Waals surface area contributed by atoms with E-state index in [4.69, 9.17) is 4.74 Å². The summed E-state index contributed by atoms with van der Waals surface area (Å²) in [6.07, 6.45) is 1.97. The Balaban J connectivity index is 1.87. The number of likely N-dealkylation sites (tertiary alicyclic amines) is 1. The fourth-order valence-corrected chi connectivity index (χ4v) is 3.13. The fourth-order valence-electron chi connectivity index (χ4n) is 3.13. The second-order valence-electron chi connectivity index (χ2n) is 6.65. The van der Waals surface area contributed by atoms with Gasteiger partial charge in [-0.3, -0.25) is 9.59 Å². The maximum absolute atomic E-state index is 12.4. The summed E-state index contributed by atoms with van der Waals surface area (Å²) < 4.78 is 5.00. The summed E-state index contributed by atoms with van der Waals surface area (Å²) in [6.45, 7) is 6.75. The van der Waals surface area contributed by atoms with Crippen LogP contribution < -0.4 is 10.2 Å². The van der Waals surface area contributed by atoms with Gasteiger partial charge >= 0.3 is 6.09 Å². The van der Waals surface area contributed by atoms with Crippen LogP contribution in [0.25, 0.3) is 0 Å². The number of aryl methyl sites for hydroxylation is 1. The minimum atomic E-state index is -0.305. The quantitative estimate of drug-likeness (QED) is 0.828. The van der Waals surface area contributed by atoms with E-state index in [0.717, 1.165) is 6.42 Å². The van der Waals surface area contributed by atoms with E-state index in [-0.39, 0.29) is 30.5 Å². The molecule has 0 spiro atoms. The Morgan fingerprint density at radius 1 is 1.15 bits per heavy atom. The van der Waals surface area contributed by atoms with Gasteiger partial charge in [-0.2, -0.15) is 0 Å². The molecule has 1 saturated heterocycles. The molecule has 7 nitrogen and oxygen atoms in total. The van der Waals surface area contributed by atoms with Gasteiger partial charge in [0.05, 0.1) is 6.61 Å². The maximum atomic E-state index is 12.4. The minimum absolute atomic E-state index is 0.000507. The van der Waals surface area contributed by atoms with Crippen molar-refractivity contribution < 1.29 is 19.1 Å². The maximum Gasteiger partial charge on any atom is 0.409 e. The Bertz CT molecular complexity index is 652. The summed E-state index contributed by atoms with van der Waals surface area (Å²) in [7, 11) is 0. The summed E-state index contributed by atoms with van der Waals surface area (Å²) in [5.74, 6) is -0.370. The van der Waals surface area contributed by atoms with Crippen LogP contribution in [0.1, 0.15) is 39.2 Å². The van der Waals surface area contributed by atoms with Crippen molar-refractivity contribution in [3.05, 3.63) is 29.8 Å². The number of benzene rings is 1. The third-order valence-corrected chi connectivity index (χ3v) is 4.72. The van der Waals surface area contributed by atoms with E-state index >= 15 is 0 Å². The van der Waals surface area contributed by atoms with Crippen LogP contribution in [0.5, 0.6) is 0 Å². The van der Waals surface area contributed by atoms with Gasteiger partial charge in [-0.15, -0.1) is 0 Å². The Kier molecular flexibility index (Phi) is 7.64.